The van der Waals surface area contributed by atoms with Gasteiger partial charge in [-0.25, -0.2) is 23.7 Å². The lowest BCUT2D eigenvalue weighted by Crippen LogP contribution is -1.96. The zero-order valence-corrected chi connectivity index (χ0v) is 17.6. The Morgan fingerprint density at radius 3 is 2.52 bits per heavy atom. The molecule has 2 aromatic carbocycles. The molecular formula is C22H15F2N5S2. The van der Waals surface area contributed by atoms with Crippen LogP contribution in [-0.4, -0.2) is 19.9 Å². The van der Waals surface area contributed by atoms with Crippen molar-refractivity contribution in [2.75, 3.05) is 0 Å². The summed E-state index contributed by atoms with van der Waals surface area (Å²) in [5, 5.41) is 6.84. The van der Waals surface area contributed by atoms with Gasteiger partial charge in [0.15, 0.2) is 5.82 Å². The zero-order chi connectivity index (χ0) is 21.8. The van der Waals surface area contributed by atoms with Crippen molar-refractivity contribution in [3.8, 4) is 33.9 Å². The average molecular weight is 452 g/mol. The first kappa shape index (κ1) is 21.0. The summed E-state index contributed by atoms with van der Waals surface area (Å²) in [6, 6.07) is 12.7. The molecule has 0 radical (unpaired) electrons. The normalized spacial score (nSPS) is 10.6. The summed E-state index contributed by atoms with van der Waals surface area (Å²) in [6.45, 7) is 0. The predicted octanol–water partition coefficient (Wildman–Crippen LogP) is 5.55. The van der Waals surface area contributed by atoms with Crippen LogP contribution in [0, 0.1) is 11.6 Å². The number of aromatic nitrogens is 4. The number of rotatable bonds is 3. The third-order valence-electron chi connectivity index (χ3n) is 4.53. The smallest absolute Gasteiger partial charge is 0.162 e. The Morgan fingerprint density at radius 1 is 0.935 bits per heavy atom. The number of fused-ring (bicyclic) bond motifs is 1. The Kier molecular flexibility index (Phi) is 6.26. The van der Waals surface area contributed by atoms with E-state index in [9.17, 15) is 8.78 Å². The van der Waals surface area contributed by atoms with Crippen molar-refractivity contribution in [1.29, 1.82) is 0 Å². The van der Waals surface area contributed by atoms with Crippen LogP contribution in [0.3, 0.4) is 0 Å². The van der Waals surface area contributed by atoms with Gasteiger partial charge in [-0.1, -0.05) is 6.07 Å². The van der Waals surface area contributed by atoms with Crippen LogP contribution < -0.4 is 5.14 Å². The van der Waals surface area contributed by atoms with E-state index >= 15 is 0 Å². The van der Waals surface area contributed by atoms with Gasteiger partial charge in [0.2, 0.25) is 0 Å². The number of hydrogen-bond acceptors (Lipinski definition) is 7. The Bertz CT molecular complexity index is 1330. The van der Waals surface area contributed by atoms with Crippen molar-refractivity contribution in [3.05, 3.63) is 83.4 Å². The maximum absolute atomic E-state index is 14.3. The molecule has 0 bridgehead atoms. The summed E-state index contributed by atoms with van der Waals surface area (Å²) in [4.78, 5) is 17.9. The van der Waals surface area contributed by atoms with Gasteiger partial charge in [0, 0.05) is 40.4 Å². The van der Waals surface area contributed by atoms with Gasteiger partial charge in [-0.3, -0.25) is 10.1 Å². The van der Waals surface area contributed by atoms with Crippen LogP contribution in [0.1, 0.15) is 0 Å². The van der Waals surface area contributed by atoms with Gasteiger partial charge in [-0.15, -0.1) is 24.2 Å². The monoisotopic (exact) mass is 451 g/mol. The van der Waals surface area contributed by atoms with Crippen LogP contribution in [-0.2, 0) is 0 Å². The summed E-state index contributed by atoms with van der Waals surface area (Å²) in [5.41, 5.74) is 5.52. The molecule has 154 valence electrons. The molecule has 5 aromatic rings. The molecule has 0 saturated carbocycles. The van der Waals surface area contributed by atoms with E-state index in [1.54, 1.807) is 24.0 Å². The van der Waals surface area contributed by atoms with Gasteiger partial charge in [-0.05, 0) is 42.0 Å². The zero-order valence-electron chi connectivity index (χ0n) is 15.9. The lowest BCUT2D eigenvalue weighted by Gasteiger charge is -2.10. The van der Waals surface area contributed by atoms with Gasteiger partial charge in [0.05, 0.1) is 11.0 Å². The molecule has 5 rings (SSSR count). The number of hydrogen-bond donors (Lipinski definition) is 2. The molecule has 31 heavy (non-hydrogen) atoms. The molecule has 0 spiro atoms. The van der Waals surface area contributed by atoms with Crippen LogP contribution in [0.5, 0.6) is 0 Å². The fourth-order valence-electron chi connectivity index (χ4n) is 3.17. The highest BCUT2D eigenvalue weighted by Crippen LogP contribution is 2.33. The topological polar surface area (TPSA) is 77.6 Å². The number of halogens is 2. The van der Waals surface area contributed by atoms with E-state index in [1.165, 1.54) is 23.5 Å². The van der Waals surface area contributed by atoms with E-state index in [1.807, 2.05) is 29.6 Å². The number of pyridine rings is 1. The van der Waals surface area contributed by atoms with Crippen molar-refractivity contribution < 1.29 is 8.78 Å². The van der Waals surface area contributed by atoms with Crippen LogP contribution in [0.15, 0.2) is 71.8 Å². The van der Waals surface area contributed by atoms with E-state index < -0.39 is 11.6 Å². The van der Waals surface area contributed by atoms with Crippen molar-refractivity contribution in [2.45, 2.75) is 0 Å². The van der Waals surface area contributed by atoms with Crippen LogP contribution in [0.25, 0.3) is 44.8 Å². The summed E-state index contributed by atoms with van der Waals surface area (Å²) in [6.07, 6.45) is 3.39. The molecule has 0 aliphatic carbocycles. The summed E-state index contributed by atoms with van der Waals surface area (Å²) in [5.74, 6) is -0.693. The molecule has 0 atom stereocenters. The van der Waals surface area contributed by atoms with E-state index in [4.69, 9.17) is 4.98 Å². The summed E-state index contributed by atoms with van der Waals surface area (Å²) < 4.78 is 27.6. The molecule has 0 saturated heterocycles. The molecule has 3 heterocycles. The number of thiazole rings is 1. The highest BCUT2D eigenvalue weighted by atomic mass is 32.1. The number of nitrogens with two attached hydrogens (primary N) is 1. The van der Waals surface area contributed by atoms with Gasteiger partial charge >= 0.3 is 0 Å². The lowest BCUT2D eigenvalue weighted by molar-refractivity contribution is 0.585. The minimum Gasteiger partial charge on any atom is -0.281 e. The summed E-state index contributed by atoms with van der Waals surface area (Å²) in [7, 11) is 0. The van der Waals surface area contributed by atoms with E-state index in [-0.39, 0.29) is 0 Å². The van der Waals surface area contributed by atoms with E-state index in [0.717, 1.165) is 17.0 Å². The minimum absolute atomic E-state index is 0.314. The second kappa shape index (κ2) is 9.25. The largest absolute Gasteiger partial charge is 0.281 e. The fraction of sp³-hybridized carbons (Fsp3) is 0. The van der Waals surface area contributed by atoms with Crippen molar-refractivity contribution >= 4 is 35.1 Å². The molecule has 2 N–H and O–H groups in total. The molecular weight excluding hydrogens is 436 g/mol. The van der Waals surface area contributed by atoms with Gasteiger partial charge in [-0.2, -0.15) is 0 Å². The fourth-order valence-corrected chi connectivity index (χ4v) is 3.71. The highest BCUT2D eigenvalue weighted by Gasteiger charge is 2.15. The van der Waals surface area contributed by atoms with Crippen LogP contribution in [0.4, 0.5) is 8.78 Å². The Balaban J connectivity index is 0.00000112. The number of benzene rings is 2. The van der Waals surface area contributed by atoms with E-state index in [2.05, 4.69) is 32.9 Å². The van der Waals surface area contributed by atoms with Crippen molar-refractivity contribution in [3.63, 3.8) is 0 Å². The third kappa shape index (κ3) is 4.29. The molecule has 9 heteroatoms. The van der Waals surface area contributed by atoms with Gasteiger partial charge in [0.25, 0.3) is 0 Å². The minimum atomic E-state index is -0.618. The lowest BCUT2D eigenvalue weighted by atomic mass is 10.0. The van der Waals surface area contributed by atoms with Crippen molar-refractivity contribution in [1.82, 2.24) is 19.9 Å². The second-order valence-electron chi connectivity index (χ2n) is 6.37. The van der Waals surface area contributed by atoms with E-state index in [0.29, 0.717) is 33.9 Å². The molecule has 0 aliphatic rings. The maximum atomic E-state index is 14.3. The number of thiol groups is 1. The predicted molar refractivity (Wildman–Crippen MR) is 122 cm³/mol. The molecule has 0 fully saturated rings. The van der Waals surface area contributed by atoms with Crippen LogP contribution in [0.2, 0.25) is 0 Å². The van der Waals surface area contributed by atoms with Crippen LogP contribution >= 0.6 is 24.2 Å². The third-order valence-corrected chi connectivity index (χ3v) is 5.12. The van der Waals surface area contributed by atoms with Gasteiger partial charge < -0.3 is 0 Å². The second-order valence-corrected chi connectivity index (χ2v) is 7.09. The molecule has 5 nitrogen and oxygen atoms in total. The quantitative estimate of drug-likeness (QED) is 0.352. The SMILES string of the molecule is Fc1ccc(-c2ccc3nc(-c4cccnc4)nc(-c4cscn4)c3c2)c(F)c1.NS. The van der Waals surface area contributed by atoms with Gasteiger partial charge in [0.1, 0.15) is 23.0 Å². The molecule has 0 aliphatic heterocycles. The Hall–Kier alpha value is -3.27. The maximum Gasteiger partial charge on any atom is 0.162 e. The average Bonchev–Trinajstić information content (AvgIpc) is 3.35. The Labute approximate surface area is 186 Å². The first-order valence-corrected chi connectivity index (χ1v) is 10.5. The summed E-state index contributed by atoms with van der Waals surface area (Å²) >= 11 is 4.49. The number of nitrogens with zero attached hydrogens (tertiary/aromatic N) is 4. The highest BCUT2D eigenvalue weighted by molar-refractivity contribution is 7.77. The molecule has 0 unspecified atom stereocenters. The first-order valence-electron chi connectivity index (χ1n) is 9.01. The van der Waals surface area contributed by atoms with Crippen molar-refractivity contribution in [2.24, 2.45) is 5.14 Å². The molecule has 0 amide bonds. The first-order chi connectivity index (χ1) is 15.2. The standard InChI is InChI=1S/C22H12F2N4S.H3NS/c23-15-4-5-16(18(24)9-15)13-3-6-19-17(8-13)21(20-11-29-12-26-20)28-22(27-19)14-2-1-7-25-10-14;1-2/h1-12H;2H,1H2. The Morgan fingerprint density at radius 2 is 1.81 bits per heavy atom. The molecule has 3 aromatic heterocycles.